The summed E-state index contributed by atoms with van der Waals surface area (Å²) in [5.41, 5.74) is 2.52. The Morgan fingerprint density at radius 1 is 1.41 bits per heavy atom. The van der Waals surface area contributed by atoms with E-state index in [9.17, 15) is 0 Å². The van der Waals surface area contributed by atoms with Crippen molar-refractivity contribution in [3.8, 4) is 0 Å². The number of nitrogens with zero attached hydrogens (tertiary/aromatic N) is 1. The zero-order valence-corrected chi connectivity index (χ0v) is 12.9. The molecule has 90 valence electrons. The van der Waals surface area contributed by atoms with Gasteiger partial charge >= 0.3 is 0 Å². The van der Waals surface area contributed by atoms with Crippen LogP contribution in [0, 0.1) is 10.5 Å². The number of aromatic nitrogens is 1. The average Bonchev–Trinajstić information content (AvgIpc) is 2.73. The highest BCUT2D eigenvalue weighted by molar-refractivity contribution is 14.1. The van der Waals surface area contributed by atoms with E-state index < -0.39 is 0 Å². The molecule has 17 heavy (non-hydrogen) atoms. The van der Waals surface area contributed by atoms with Crippen LogP contribution in [0.2, 0.25) is 0 Å². The van der Waals surface area contributed by atoms with Crippen LogP contribution in [0.4, 0.5) is 0 Å². The smallest absolute Gasteiger partial charge is 0.0897 e. The number of rotatable bonds is 4. The summed E-state index contributed by atoms with van der Waals surface area (Å²) in [6.07, 6.45) is 0.945. The molecule has 0 saturated heterocycles. The number of hydrogen-bond acceptors (Lipinski definition) is 3. The summed E-state index contributed by atoms with van der Waals surface area (Å²) in [6, 6.07) is 8.83. The van der Waals surface area contributed by atoms with Crippen LogP contribution in [-0.2, 0) is 6.42 Å². The fourth-order valence-corrected chi connectivity index (χ4v) is 3.23. The van der Waals surface area contributed by atoms with Crippen LogP contribution in [0.5, 0.6) is 0 Å². The fourth-order valence-electron chi connectivity index (χ4n) is 1.84. The number of hydrogen-bond donors (Lipinski definition) is 1. The van der Waals surface area contributed by atoms with Gasteiger partial charge < -0.3 is 5.32 Å². The van der Waals surface area contributed by atoms with Crippen LogP contribution in [0.3, 0.4) is 0 Å². The average molecular weight is 358 g/mol. The second-order valence-corrected chi connectivity index (χ2v) is 6.15. The van der Waals surface area contributed by atoms with Crippen molar-refractivity contribution in [2.45, 2.75) is 19.4 Å². The second-order valence-electron chi connectivity index (χ2n) is 3.92. The molecule has 0 aliphatic carbocycles. The Balaban J connectivity index is 2.20. The van der Waals surface area contributed by atoms with E-state index in [4.69, 9.17) is 0 Å². The van der Waals surface area contributed by atoms with Gasteiger partial charge in [0.15, 0.2) is 0 Å². The van der Waals surface area contributed by atoms with Crippen LogP contribution < -0.4 is 5.32 Å². The Morgan fingerprint density at radius 3 is 2.76 bits per heavy atom. The zero-order valence-electron chi connectivity index (χ0n) is 9.90. The van der Waals surface area contributed by atoms with Crippen molar-refractivity contribution in [1.29, 1.82) is 0 Å². The lowest BCUT2D eigenvalue weighted by molar-refractivity contribution is 0.583. The van der Waals surface area contributed by atoms with E-state index in [0.717, 1.165) is 11.4 Å². The van der Waals surface area contributed by atoms with Crippen molar-refractivity contribution in [2.75, 3.05) is 7.05 Å². The number of likely N-dealkylation sites (N-methyl/N-ethyl adjacent to an activating group) is 1. The van der Waals surface area contributed by atoms with Gasteiger partial charge in [0.2, 0.25) is 0 Å². The molecular weight excluding hydrogens is 343 g/mol. The molecule has 0 bridgehead atoms. The van der Waals surface area contributed by atoms with Crippen molar-refractivity contribution < 1.29 is 0 Å². The normalized spacial score (nSPS) is 12.6. The molecule has 0 aliphatic rings. The first kappa shape index (κ1) is 13.0. The first-order valence-electron chi connectivity index (χ1n) is 5.53. The maximum Gasteiger partial charge on any atom is 0.0897 e. The molecule has 2 rings (SSSR count). The molecule has 0 aliphatic heterocycles. The van der Waals surface area contributed by atoms with Crippen molar-refractivity contribution in [3.63, 3.8) is 0 Å². The molecule has 1 unspecified atom stereocenters. The highest BCUT2D eigenvalue weighted by atomic mass is 127. The summed E-state index contributed by atoms with van der Waals surface area (Å²) in [5.74, 6) is 0. The third-order valence-electron chi connectivity index (χ3n) is 2.71. The fraction of sp³-hybridized carbons (Fsp3) is 0.308. The molecule has 1 N–H and O–H groups in total. The number of aryl methyl sites for hydroxylation is 1. The monoisotopic (exact) mass is 358 g/mol. The molecule has 1 heterocycles. The Hall–Kier alpha value is -0.460. The lowest BCUT2D eigenvalue weighted by Gasteiger charge is -2.17. The van der Waals surface area contributed by atoms with Gasteiger partial charge in [-0.1, -0.05) is 18.2 Å². The van der Waals surface area contributed by atoms with Crippen LogP contribution in [0.15, 0.2) is 29.6 Å². The van der Waals surface area contributed by atoms with Crippen molar-refractivity contribution in [1.82, 2.24) is 10.3 Å². The van der Waals surface area contributed by atoms with Crippen molar-refractivity contribution >= 4 is 33.9 Å². The molecule has 0 fully saturated rings. The number of thiazole rings is 1. The highest BCUT2D eigenvalue weighted by Gasteiger charge is 2.14. The first-order valence-corrected chi connectivity index (χ1v) is 7.49. The molecule has 2 nitrogen and oxygen atoms in total. The van der Waals surface area contributed by atoms with Gasteiger partial charge in [-0.25, -0.2) is 4.98 Å². The molecule has 2 aromatic rings. The zero-order chi connectivity index (χ0) is 12.3. The third-order valence-corrected chi connectivity index (χ3v) is 4.51. The largest absolute Gasteiger partial charge is 0.313 e. The molecular formula is C13H15IN2S. The molecule has 1 aromatic heterocycles. The summed E-state index contributed by atoms with van der Waals surface area (Å²) < 4.78 is 1.30. The van der Waals surface area contributed by atoms with E-state index in [1.54, 1.807) is 11.3 Å². The summed E-state index contributed by atoms with van der Waals surface area (Å²) in [6.45, 7) is 2.05. The van der Waals surface area contributed by atoms with Gasteiger partial charge in [0.25, 0.3) is 0 Å². The molecule has 4 heteroatoms. The predicted octanol–water partition coefficient (Wildman–Crippen LogP) is 3.56. The second kappa shape index (κ2) is 5.93. The van der Waals surface area contributed by atoms with E-state index >= 15 is 0 Å². The summed E-state index contributed by atoms with van der Waals surface area (Å²) >= 11 is 4.10. The standard InChI is InChI=1S/C13H15IN2S/c1-9-16-10(8-17-9)7-13(15-2)11-5-3-4-6-12(11)14/h3-6,8,13,15H,7H2,1-2H3. The first-order chi connectivity index (χ1) is 8.20. The Bertz CT molecular complexity index is 496. The molecule has 0 spiro atoms. The minimum atomic E-state index is 0.338. The topological polar surface area (TPSA) is 24.9 Å². The van der Waals surface area contributed by atoms with Crippen LogP contribution in [0.1, 0.15) is 22.3 Å². The Morgan fingerprint density at radius 2 is 2.18 bits per heavy atom. The summed E-state index contributed by atoms with van der Waals surface area (Å²) in [4.78, 5) is 4.53. The minimum Gasteiger partial charge on any atom is -0.313 e. The number of benzene rings is 1. The van der Waals surface area contributed by atoms with E-state index in [2.05, 4.69) is 69.5 Å². The van der Waals surface area contributed by atoms with Gasteiger partial charge in [-0.3, -0.25) is 0 Å². The van der Waals surface area contributed by atoms with Crippen LogP contribution in [-0.4, -0.2) is 12.0 Å². The molecule has 0 amide bonds. The van der Waals surface area contributed by atoms with Gasteiger partial charge in [0.1, 0.15) is 0 Å². The van der Waals surface area contributed by atoms with E-state index in [-0.39, 0.29) is 0 Å². The van der Waals surface area contributed by atoms with Gasteiger partial charge in [0.05, 0.1) is 10.7 Å². The Kier molecular flexibility index (Phi) is 4.53. The maximum absolute atomic E-state index is 4.53. The number of halogens is 1. The third kappa shape index (κ3) is 3.26. The van der Waals surface area contributed by atoms with Crippen LogP contribution in [0.25, 0.3) is 0 Å². The van der Waals surface area contributed by atoms with Gasteiger partial charge in [-0.2, -0.15) is 0 Å². The summed E-state index contributed by atoms with van der Waals surface area (Å²) in [7, 11) is 2.01. The quantitative estimate of drug-likeness (QED) is 0.846. The molecule has 1 aromatic carbocycles. The molecule has 0 radical (unpaired) electrons. The SMILES string of the molecule is CNC(Cc1csc(C)n1)c1ccccc1I. The minimum absolute atomic E-state index is 0.338. The van der Waals surface area contributed by atoms with Crippen molar-refractivity contribution in [2.24, 2.45) is 0 Å². The maximum atomic E-state index is 4.53. The van der Waals surface area contributed by atoms with Crippen molar-refractivity contribution in [3.05, 3.63) is 49.5 Å². The van der Waals surface area contributed by atoms with Gasteiger partial charge in [-0.05, 0) is 48.2 Å². The Labute approximate surface area is 120 Å². The van der Waals surface area contributed by atoms with E-state index in [0.29, 0.717) is 6.04 Å². The van der Waals surface area contributed by atoms with Gasteiger partial charge in [0, 0.05) is 21.4 Å². The van der Waals surface area contributed by atoms with E-state index in [1.807, 2.05) is 7.05 Å². The highest BCUT2D eigenvalue weighted by Crippen LogP contribution is 2.23. The lowest BCUT2D eigenvalue weighted by atomic mass is 10.0. The van der Waals surface area contributed by atoms with Gasteiger partial charge in [-0.15, -0.1) is 11.3 Å². The molecule has 0 saturated carbocycles. The number of nitrogens with one attached hydrogen (secondary N) is 1. The predicted molar refractivity (Wildman–Crippen MR) is 81.5 cm³/mol. The lowest BCUT2D eigenvalue weighted by Crippen LogP contribution is -2.20. The molecule has 1 atom stereocenters. The van der Waals surface area contributed by atoms with E-state index in [1.165, 1.54) is 14.8 Å². The van der Waals surface area contributed by atoms with Crippen LogP contribution >= 0.6 is 33.9 Å². The summed E-state index contributed by atoms with van der Waals surface area (Å²) in [5, 5.41) is 6.66.